The summed E-state index contributed by atoms with van der Waals surface area (Å²) in [6, 6.07) is 4.18. The van der Waals surface area contributed by atoms with Gasteiger partial charge in [0.2, 0.25) is 0 Å². The molecule has 0 fully saturated rings. The Morgan fingerprint density at radius 2 is 2.06 bits per heavy atom. The SMILES string of the molecule is CC(=O)c1cc2c(cc1C)NC(C)(C)C[C@@H]2C. The highest BCUT2D eigenvalue weighted by molar-refractivity contribution is 5.96. The van der Waals surface area contributed by atoms with Crippen LogP contribution in [0.2, 0.25) is 0 Å². The molecule has 17 heavy (non-hydrogen) atoms. The first kappa shape index (κ1) is 12.2. The maximum Gasteiger partial charge on any atom is 0.160 e. The molecule has 0 spiro atoms. The molecule has 0 saturated heterocycles. The Morgan fingerprint density at radius 1 is 1.41 bits per heavy atom. The topological polar surface area (TPSA) is 29.1 Å². The van der Waals surface area contributed by atoms with E-state index in [2.05, 4.69) is 38.2 Å². The molecule has 0 amide bonds. The minimum Gasteiger partial charge on any atom is -0.380 e. The van der Waals surface area contributed by atoms with Crippen LogP contribution in [0.15, 0.2) is 12.1 Å². The van der Waals surface area contributed by atoms with E-state index in [-0.39, 0.29) is 11.3 Å². The van der Waals surface area contributed by atoms with Crippen LogP contribution in [0.25, 0.3) is 0 Å². The Hall–Kier alpha value is -1.31. The number of aryl methyl sites for hydroxylation is 1. The summed E-state index contributed by atoms with van der Waals surface area (Å²) in [5.41, 5.74) is 4.53. The van der Waals surface area contributed by atoms with Gasteiger partial charge in [-0.05, 0) is 63.3 Å². The number of anilines is 1. The molecule has 2 rings (SSSR count). The number of rotatable bonds is 1. The molecule has 1 N–H and O–H groups in total. The van der Waals surface area contributed by atoms with Crippen LogP contribution in [0.3, 0.4) is 0 Å². The minimum absolute atomic E-state index is 0.136. The van der Waals surface area contributed by atoms with E-state index in [4.69, 9.17) is 0 Å². The Kier molecular flexibility index (Phi) is 2.76. The monoisotopic (exact) mass is 231 g/mol. The number of hydrogen-bond donors (Lipinski definition) is 1. The van der Waals surface area contributed by atoms with Gasteiger partial charge < -0.3 is 5.32 Å². The largest absolute Gasteiger partial charge is 0.380 e. The minimum atomic E-state index is 0.136. The zero-order chi connectivity index (χ0) is 12.8. The lowest BCUT2D eigenvalue weighted by Crippen LogP contribution is -2.36. The van der Waals surface area contributed by atoms with Crippen molar-refractivity contribution >= 4 is 11.5 Å². The van der Waals surface area contributed by atoms with Gasteiger partial charge in [0.25, 0.3) is 0 Å². The molecular weight excluding hydrogens is 210 g/mol. The number of carbonyl (C=O) groups excluding carboxylic acids is 1. The Labute approximate surface area is 103 Å². The molecule has 0 unspecified atom stereocenters. The van der Waals surface area contributed by atoms with Gasteiger partial charge in [0.15, 0.2) is 5.78 Å². The van der Waals surface area contributed by atoms with Crippen molar-refractivity contribution in [1.82, 2.24) is 0 Å². The van der Waals surface area contributed by atoms with E-state index >= 15 is 0 Å². The Morgan fingerprint density at radius 3 is 2.65 bits per heavy atom. The summed E-state index contributed by atoms with van der Waals surface area (Å²) in [5.74, 6) is 0.655. The molecule has 0 radical (unpaired) electrons. The molecular formula is C15H21NO. The second-order valence-corrected chi connectivity index (χ2v) is 5.92. The van der Waals surface area contributed by atoms with Gasteiger partial charge in [-0.2, -0.15) is 0 Å². The van der Waals surface area contributed by atoms with Crippen molar-refractivity contribution < 1.29 is 4.79 Å². The van der Waals surface area contributed by atoms with Crippen molar-refractivity contribution in [2.75, 3.05) is 5.32 Å². The van der Waals surface area contributed by atoms with Gasteiger partial charge in [-0.15, -0.1) is 0 Å². The second-order valence-electron chi connectivity index (χ2n) is 5.92. The zero-order valence-electron chi connectivity index (χ0n) is 11.3. The molecule has 1 heterocycles. The van der Waals surface area contributed by atoms with Crippen molar-refractivity contribution in [3.63, 3.8) is 0 Å². The standard InChI is InChI=1S/C15H21NO/c1-9-6-14-13(7-12(9)11(3)17)10(2)8-15(4,5)16-14/h6-7,10,16H,8H2,1-5H3/t10-/m0/s1. The van der Waals surface area contributed by atoms with Crippen molar-refractivity contribution in [1.29, 1.82) is 0 Å². The number of Topliss-reactive ketones (excluding diaryl/α,β-unsaturated/α-hetero) is 1. The summed E-state index contributed by atoms with van der Waals surface area (Å²) >= 11 is 0. The molecule has 2 heteroatoms. The van der Waals surface area contributed by atoms with Crippen LogP contribution in [0, 0.1) is 6.92 Å². The molecule has 1 aromatic rings. The highest BCUT2D eigenvalue weighted by atomic mass is 16.1. The number of carbonyl (C=O) groups is 1. The van der Waals surface area contributed by atoms with Gasteiger partial charge in [-0.25, -0.2) is 0 Å². The van der Waals surface area contributed by atoms with Gasteiger partial charge in [0, 0.05) is 16.8 Å². The maximum absolute atomic E-state index is 11.6. The zero-order valence-corrected chi connectivity index (χ0v) is 11.3. The van der Waals surface area contributed by atoms with Gasteiger partial charge in [-0.1, -0.05) is 6.92 Å². The van der Waals surface area contributed by atoms with Crippen molar-refractivity contribution in [3.05, 3.63) is 28.8 Å². The Balaban J connectivity index is 2.54. The number of hydrogen-bond acceptors (Lipinski definition) is 2. The lowest BCUT2D eigenvalue weighted by Gasteiger charge is -2.38. The van der Waals surface area contributed by atoms with Crippen LogP contribution in [0.4, 0.5) is 5.69 Å². The molecule has 0 bridgehead atoms. The average molecular weight is 231 g/mol. The van der Waals surface area contributed by atoms with E-state index in [0.29, 0.717) is 5.92 Å². The third-order valence-corrected chi connectivity index (χ3v) is 3.60. The fourth-order valence-corrected chi connectivity index (χ4v) is 2.91. The quantitative estimate of drug-likeness (QED) is 0.743. The average Bonchev–Trinajstić information content (AvgIpc) is 2.13. The molecule has 1 aliphatic heterocycles. The molecule has 0 aliphatic carbocycles. The number of nitrogens with one attached hydrogen (secondary N) is 1. The van der Waals surface area contributed by atoms with Crippen LogP contribution in [-0.4, -0.2) is 11.3 Å². The normalized spacial score (nSPS) is 21.6. The number of fused-ring (bicyclic) bond motifs is 1. The van der Waals surface area contributed by atoms with Gasteiger partial charge in [-0.3, -0.25) is 4.79 Å². The predicted molar refractivity (Wildman–Crippen MR) is 71.9 cm³/mol. The van der Waals surface area contributed by atoms with Gasteiger partial charge in [0.1, 0.15) is 0 Å². The Bertz CT molecular complexity index is 474. The van der Waals surface area contributed by atoms with Crippen molar-refractivity contribution in [2.24, 2.45) is 0 Å². The van der Waals surface area contributed by atoms with Crippen LogP contribution < -0.4 is 5.32 Å². The predicted octanol–water partition coefficient (Wildman–Crippen LogP) is 3.90. The summed E-state index contributed by atoms with van der Waals surface area (Å²) in [5, 5.41) is 3.56. The number of benzene rings is 1. The first-order valence-corrected chi connectivity index (χ1v) is 6.24. The first-order valence-electron chi connectivity index (χ1n) is 6.24. The van der Waals surface area contributed by atoms with E-state index < -0.39 is 0 Å². The van der Waals surface area contributed by atoms with Crippen LogP contribution in [-0.2, 0) is 0 Å². The van der Waals surface area contributed by atoms with E-state index in [9.17, 15) is 4.79 Å². The van der Waals surface area contributed by atoms with Crippen molar-refractivity contribution in [2.45, 2.75) is 52.5 Å². The summed E-state index contributed by atoms with van der Waals surface area (Å²) in [6.45, 7) is 10.3. The highest BCUT2D eigenvalue weighted by Crippen LogP contribution is 2.39. The summed E-state index contributed by atoms with van der Waals surface area (Å²) < 4.78 is 0. The molecule has 2 nitrogen and oxygen atoms in total. The van der Waals surface area contributed by atoms with Crippen molar-refractivity contribution in [3.8, 4) is 0 Å². The van der Waals surface area contributed by atoms with Crippen LogP contribution in [0.5, 0.6) is 0 Å². The van der Waals surface area contributed by atoms with E-state index in [0.717, 1.165) is 17.5 Å². The lowest BCUT2D eigenvalue weighted by molar-refractivity contribution is 0.101. The highest BCUT2D eigenvalue weighted by Gasteiger charge is 2.29. The first-order chi connectivity index (χ1) is 7.80. The smallest absolute Gasteiger partial charge is 0.160 e. The van der Waals surface area contributed by atoms with Crippen LogP contribution in [0.1, 0.15) is 61.5 Å². The molecule has 1 aliphatic rings. The van der Waals surface area contributed by atoms with E-state index in [1.807, 2.05) is 6.92 Å². The molecule has 0 saturated carbocycles. The summed E-state index contributed by atoms with van der Waals surface area (Å²) in [7, 11) is 0. The number of ketones is 1. The van der Waals surface area contributed by atoms with E-state index in [1.165, 1.54) is 11.3 Å². The summed E-state index contributed by atoms with van der Waals surface area (Å²) in [6.07, 6.45) is 1.10. The van der Waals surface area contributed by atoms with E-state index in [1.54, 1.807) is 6.92 Å². The summed E-state index contributed by atoms with van der Waals surface area (Å²) in [4.78, 5) is 11.6. The molecule has 0 aromatic heterocycles. The maximum atomic E-state index is 11.6. The van der Waals surface area contributed by atoms with Crippen LogP contribution >= 0.6 is 0 Å². The third-order valence-electron chi connectivity index (χ3n) is 3.60. The third kappa shape index (κ3) is 2.21. The van der Waals surface area contributed by atoms with Gasteiger partial charge in [0.05, 0.1) is 0 Å². The molecule has 1 atom stereocenters. The molecule has 1 aromatic carbocycles. The molecule has 92 valence electrons. The fourth-order valence-electron chi connectivity index (χ4n) is 2.91. The second kappa shape index (κ2) is 3.86. The fraction of sp³-hybridized carbons (Fsp3) is 0.533. The van der Waals surface area contributed by atoms with Gasteiger partial charge >= 0.3 is 0 Å². The lowest BCUT2D eigenvalue weighted by atomic mass is 9.80.